The lowest BCUT2D eigenvalue weighted by atomic mass is 10.1. The summed E-state index contributed by atoms with van der Waals surface area (Å²) in [5, 5.41) is 6.96. The summed E-state index contributed by atoms with van der Waals surface area (Å²) >= 11 is 0. The van der Waals surface area contributed by atoms with Crippen LogP contribution < -0.4 is 5.32 Å². The molecule has 1 amide bonds. The number of nitrogens with zero attached hydrogens (tertiary/aromatic N) is 3. The van der Waals surface area contributed by atoms with E-state index < -0.39 is 0 Å². The number of benzene rings is 1. The smallest absolute Gasteiger partial charge is 0.255 e. The van der Waals surface area contributed by atoms with Crippen LogP contribution in [-0.4, -0.2) is 41.6 Å². The van der Waals surface area contributed by atoms with Crippen LogP contribution in [0.1, 0.15) is 18.6 Å². The van der Waals surface area contributed by atoms with Crippen molar-refractivity contribution < 1.29 is 9.32 Å². The van der Waals surface area contributed by atoms with Gasteiger partial charge in [0.15, 0.2) is 5.76 Å². The summed E-state index contributed by atoms with van der Waals surface area (Å²) in [5.41, 5.74) is 2.41. The van der Waals surface area contributed by atoms with Crippen LogP contribution in [0.3, 0.4) is 0 Å². The monoisotopic (exact) mass is 322 g/mol. The fourth-order valence-electron chi connectivity index (χ4n) is 2.92. The molecule has 6 nitrogen and oxygen atoms in total. The fraction of sp³-hybridized carbons (Fsp3) is 0.278. The van der Waals surface area contributed by atoms with Gasteiger partial charge in [-0.2, -0.15) is 0 Å². The first-order chi connectivity index (χ1) is 11.8. The third kappa shape index (κ3) is 2.95. The van der Waals surface area contributed by atoms with Crippen molar-refractivity contribution in [1.29, 1.82) is 0 Å². The molecule has 2 aromatic rings. The van der Waals surface area contributed by atoms with Crippen molar-refractivity contribution in [3.63, 3.8) is 0 Å². The van der Waals surface area contributed by atoms with Crippen LogP contribution in [0.4, 0.5) is 0 Å². The van der Waals surface area contributed by atoms with E-state index in [1.165, 1.54) is 0 Å². The lowest BCUT2D eigenvalue weighted by Gasteiger charge is -2.30. The van der Waals surface area contributed by atoms with Crippen LogP contribution in [0.15, 0.2) is 51.5 Å². The van der Waals surface area contributed by atoms with Gasteiger partial charge in [0.25, 0.3) is 5.91 Å². The SMILES string of the molecule is O=C1NC2=NCCCCN2C/C1=C/c1cc(-c2ccccc2)no1. The first kappa shape index (κ1) is 14.7. The number of hydrogen-bond acceptors (Lipinski definition) is 5. The molecule has 2 aliphatic rings. The molecule has 2 aliphatic heterocycles. The maximum absolute atomic E-state index is 12.3. The Morgan fingerprint density at radius 3 is 2.96 bits per heavy atom. The highest BCUT2D eigenvalue weighted by Crippen LogP contribution is 2.21. The highest BCUT2D eigenvalue weighted by molar-refractivity contribution is 6.10. The average molecular weight is 322 g/mol. The number of aromatic nitrogens is 1. The Morgan fingerprint density at radius 2 is 2.08 bits per heavy atom. The zero-order chi connectivity index (χ0) is 16.4. The van der Waals surface area contributed by atoms with E-state index >= 15 is 0 Å². The van der Waals surface area contributed by atoms with Crippen molar-refractivity contribution in [3.8, 4) is 11.3 Å². The Bertz CT molecular complexity index is 807. The van der Waals surface area contributed by atoms with Crippen LogP contribution in [-0.2, 0) is 4.79 Å². The van der Waals surface area contributed by atoms with Gasteiger partial charge >= 0.3 is 0 Å². The normalized spacial score (nSPS) is 19.5. The second-order valence-corrected chi connectivity index (χ2v) is 5.94. The summed E-state index contributed by atoms with van der Waals surface area (Å²) in [4.78, 5) is 18.8. The third-order valence-electron chi connectivity index (χ3n) is 4.19. The van der Waals surface area contributed by atoms with E-state index in [1.54, 1.807) is 6.08 Å². The van der Waals surface area contributed by atoms with E-state index in [4.69, 9.17) is 4.52 Å². The molecule has 3 heterocycles. The Labute approximate surface area is 139 Å². The number of hydrogen-bond donors (Lipinski definition) is 1. The first-order valence-electron chi connectivity index (χ1n) is 8.13. The Balaban J connectivity index is 1.57. The predicted molar refractivity (Wildman–Crippen MR) is 91.2 cm³/mol. The van der Waals surface area contributed by atoms with E-state index in [-0.39, 0.29) is 5.91 Å². The quantitative estimate of drug-likeness (QED) is 0.861. The van der Waals surface area contributed by atoms with Crippen molar-refractivity contribution in [3.05, 3.63) is 47.7 Å². The number of guanidine groups is 1. The van der Waals surface area contributed by atoms with Gasteiger partial charge < -0.3 is 9.42 Å². The molecule has 0 aliphatic carbocycles. The van der Waals surface area contributed by atoms with Crippen molar-refractivity contribution in [2.45, 2.75) is 12.8 Å². The molecule has 1 aromatic carbocycles. The maximum Gasteiger partial charge on any atom is 0.255 e. The van der Waals surface area contributed by atoms with Crippen molar-refractivity contribution >= 4 is 17.9 Å². The minimum Gasteiger partial charge on any atom is -0.356 e. The van der Waals surface area contributed by atoms with E-state index in [9.17, 15) is 4.79 Å². The number of rotatable bonds is 2. The summed E-state index contributed by atoms with van der Waals surface area (Å²) in [7, 11) is 0. The Morgan fingerprint density at radius 1 is 1.21 bits per heavy atom. The topological polar surface area (TPSA) is 70.7 Å². The lowest BCUT2D eigenvalue weighted by molar-refractivity contribution is -0.117. The second-order valence-electron chi connectivity index (χ2n) is 5.94. The van der Waals surface area contributed by atoms with Gasteiger partial charge in [-0.3, -0.25) is 15.1 Å². The summed E-state index contributed by atoms with van der Waals surface area (Å²) < 4.78 is 5.38. The number of aliphatic imine (C=N–C) groups is 1. The highest BCUT2D eigenvalue weighted by atomic mass is 16.5. The first-order valence-corrected chi connectivity index (χ1v) is 8.13. The molecule has 0 radical (unpaired) electrons. The standard InChI is InChI=1S/C18H18N4O2/c23-17-14(12-22-9-5-4-8-19-18(22)20-17)10-15-11-16(21-24-15)13-6-2-1-3-7-13/h1-3,6-7,10-11H,4-5,8-9,12H2,(H,19,20,23)/b14-10-. The minimum absolute atomic E-state index is 0.121. The van der Waals surface area contributed by atoms with Crippen LogP contribution >= 0.6 is 0 Å². The lowest BCUT2D eigenvalue weighted by Crippen LogP contribution is -2.51. The molecule has 0 bridgehead atoms. The molecule has 1 fully saturated rings. The molecular formula is C18H18N4O2. The summed E-state index contributed by atoms with van der Waals surface area (Å²) in [5.74, 6) is 1.15. The summed E-state index contributed by atoms with van der Waals surface area (Å²) in [6, 6.07) is 11.7. The van der Waals surface area contributed by atoms with Gasteiger partial charge in [-0.25, -0.2) is 0 Å². The molecule has 24 heavy (non-hydrogen) atoms. The van der Waals surface area contributed by atoms with Crippen molar-refractivity contribution in [2.75, 3.05) is 19.6 Å². The molecular weight excluding hydrogens is 304 g/mol. The summed E-state index contributed by atoms with van der Waals surface area (Å²) in [6.07, 6.45) is 3.89. The minimum atomic E-state index is -0.121. The van der Waals surface area contributed by atoms with Gasteiger partial charge in [0.1, 0.15) is 5.69 Å². The van der Waals surface area contributed by atoms with Gasteiger partial charge in [0, 0.05) is 30.3 Å². The number of carbonyl (C=O) groups excluding carboxylic acids is 1. The predicted octanol–water partition coefficient (Wildman–Crippen LogP) is 2.31. The van der Waals surface area contributed by atoms with E-state index in [2.05, 4.69) is 20.4 Å². The van der Waals surface area contributed by atoms with E-state index in [0.717, 1.165) is 37.2 Å². The number of nitrogens with one attached hydrogen (secondary N) is 1. The van der Waals surface area contributed by atoms with E-state index in [0.29, 0.717) is 23.8 Å². The number of carbonyl (C=O) groups is 1. The third-order valence-corrected chi connectivity index (χ3v) is 4.19. The van der Waals surface area contributed by atoms with E-state index in [1.807, 2.05) is 36.4 Å². The molecule has 6 heteroatoms. The van der Waals surface area contributed by atoms with Gasteiger partial charge in [-0.1, -0.05) is 35.5 Å². The second kappa shape index (κ2) is 6.31. The number of amides is 1. The van der Waals surface area contributed by atoms with Crippen LogP contribution in [0.2, 0.25) is 0 Å². The molecule has 0 saturated carbocycles. The fourth-order valence-corrected chi connectivity index (χ4v) is 2.92. The number of fused-ring (bicyclic) bond motifs is 1. The van der Waals surface area contributed by atoms with Gasteiger partial charge in [-0.05, 0) is 18.9 Å². The molecule has 1 saturated heterocycles. The Kier molecular flexibility index (Phi) is 3.86. The molecule has 0 unspecified atom stereocenters. The largest absolute Gasteiger partial charge is 0.356 e. The maximum atomic E-state index is 12.3. The van der Waals surface area contributed by atoms with Gasteiger partial charge in [-0.15, -0.1) is 0 Å². The van der Waals surface area contributed by atoms with Gasteiger partial charge in [0.05, 0.1) is 6.54 Å². The van der Waals surface area contributed by atoms with Crippen LogP contribution in [0, 0.1) is 0 Å². The molecule has 122 valence electrons. The molecule has 1 N–H and O–H groups in total. The molecule has 0 atom stereocenters. The zero-order valence-corrected chi connectivity index (χ0v) is 13.2. The van der Waals surface area contributed by atoms with Crippen molar-refractivity contribution in [1.82, 2.24) is 15.4 Å². The molecule has 1 aromatic heterocycles. The highest BCUT2D eigenvalue weighted by Gasteiger charge is 2.26. The average Bonchev–Trinajstić information content (AvgIpc) is 2.95. The van der Waals surface area contributed by atoms with Crippen LogP contribution in [0.25, 0.3) is 17.3 Å². The zero-order valence-electron chi connectivity index (χ0n) is 13.2. The molecule has 4 rings (SSSR count). The Hall–Kier alpha value is -2.89. The van der Waals surface area contributed by atoms with Crippen molar-refractivity contribution in [2.24, 2.45) is 4.99 Å². The summed E-state index contributed by atoms with van der Waals surface area (Å²) in [6.45, 7) is 2.22. The molecule has 0 spiro atoms. The van der Waals surface area contributed by atoms with Crippen LogP contribution in [0.5, 0.6) is 0 Å². The van der Waals surface area contributed by atoms with Gasteiger partial charge in [0.2, 0.25) is 5.96 Å².